The van der Waals surface area contributed by atoms with Crippen LogP contribution in [0.3, 0.4) is 0 Å². The number of carbonyl (C=O) groups is 1. The number of allylic oxidation sites excluding steroid dienone is 1. The third-order valence-electron chi connectivity index (χ3n) is 7.18. The molecule has 0 spiro atoms. The van der Waals surface area contributed by atoms with Gasteiger partial charge in [0.05, 0.1) is 68.3 Å². The van der Waals surface area contributed by atoms with Crippen LogP contribution in [0.25, 0.3) is 6.08 Å². The normalized spacial score (nSPS) is 17.0. The van der Waals surface area contributed by atoms with Gasteiger partial charge in [0, 0.05) is 22.3 Å². The Hall–Kier alpha value is -5.18. The van der Waals surface area contributed by atoms with Crippen molar-refractivity contribution in [1.82, 2.24) is 4.90 Å². The summed E-state index contributed by atoms with van der Waals surface area (Å²) < 4.78 is 45.1. The van der Waals surface area contributed by atoms with Crippen molar-refractivity contribution in [3.8, 4) is 40.6 Å². The van der Waals surface area contributed by atoms with Crippen LogP contribution in [0.1, 0.15) is 24.0 Å². The predicted molar refractivity (Wildman–Crippen MR) is 156 cm³/mol. The van der Waals surface area contributed by atoms with Crippen LogP contribution in [-0.4, -0.2) is 73.3 Å². The minimum atomic E-state index is -0.753. The van der Waals surface area contributed by atoms with Crippen LogP contribution in [0.5, 0.6) is 34.5 Å². The zero-order valence-electron chi connectivity index (χ0n) is 25.2. The lowest BCUT2D eigenvalue weighted by Gasteiger charge is -2.38. The standard InChI is InChI=1S/C31H35N3O9/c1-8-42-31(35)34-15-18(13-17-9-11-22(36-2)28(40-6)26(17)38-4)25-21(16-34)24(20(14-32)30(33)43-25)19-10-12-23(37-3)29(41-7)27(19)39-5/h9-13,24H,8,15-16,33H2,1-7H3/b18-13+. The lowest BCUT2D eigenvalue weighted by atomic mass is 9.79. The molecule has 4 rings (SSSR count). The number of methoxy groups -OCH3 is 6. The summed E-state index contributed by atoms with van der Waals surface area (Å²) in [5.74, 6) is 2.02. The van der Waals surface area contributed by atoms with Gasteiger partial charge in [-0.3, -0.25) is 4.90 Å². The number of hydrogen-bond acceptors (Lipinski definition) is 11. The first-order chi connectivity index (χ1) is 20.8. The van der Waals surface area contributed by atoms with Crippen molar-refractivity contribution in [3.63, 3.8) is 0 Å². The van der Waals surface area contributed by atoms with Crippen molar-refractivity contribution in [2.45, 2.75) is 12.8 Å². The van der Waals surface area contributed by atoms with Crippen LogP contribution in [0.4, 0.5) is 4.79 Å². The van der Waals surface area contributed by atoms with Gasteiger partial charge in [-0.2, -0.15) is 5.26 Å². The molecular formula is C31H35N3O9. The van der Waals surface area contributed by atoms with Crippen molar-refractivity contribution in [1.29, 1.82) is 5.26 Å². The highest BCUT2D eigenvalue weighted by Gasteiger charge is 2.41. The molecule has 2 aliphatic rings. The van der Waals surface area contributed by atoms with Crippen LogP contribution < -0.4 is 34.2 Å². The molecule has 0 fully saturated rings. The highest BCUT2D eigenvalue weighted by molar-refractivity contribution is 5.75. The maximum absolute atomic E-state index is 13.1. The highest BCUT2D eigenvalue weighted by atomic mass is 16.6. The molecule has 2 heterocycles. The molecule has 2 aromatic carbocycles. The first kappa shape index (κ1) is 30.8. The third kappa shape index (κ3) is 5.53. The summed E-state index contributed by atoms with van der Waals surface area (Å²) in [6.45, 7) is 2.13. The van der Waals surface area contributed by atoms with Crippen molar-refractivity contribution < 1.29 is 42.7 Å². The topological polar surface area (TPSA) is 144 Å². The molecule has 1 amide bonds. The van der Waals surface area contributed by atoms with Gasteiger partial charge in [-0.25, -0.2) is 4.79 Å². The van der Waals surface area contributed by atoms with E-state index in [9.17, 15) is 10.1 Å². The highest BCUT2D eigenvalue weighted by Crippen LogP contribution is 2.51. The van der Waals surface area contributed by atoms with Gasteiger partial charge >= 0.3 is 6.09 Å². The average Bonchev–Trinajstić information content (AvgIpc) is 3.03. The number of hydrogen-bond donors (Lipinski definition) is 1. The number of ether oxygens (including phenoxy) is 8. The molecule has 0 saturated carbocycles. The van der Waals surface area contributed by atoms with Gasteiger partial charge in [0.2, 0.25) is 17.4 Å². The summed E-state index contributed by atoms with van der Waals surface area (Å²) in [7, 11) is 9.07. The molecule has 12 nitrogen and oxygen atoms in total. The molecule has 2 N–H and O–H groups in total. The van der Waals surface area contributed by atoms with Gasteiger partial charge in [-0.15, -0.1) is 0 Å². The van der Waals surface area contributed by atoms with E-state index in [0.717, 1.165) is 0 Å². The summed E-state index contributed by atoms with van der Waals surface area (Å²) in [5.41, 5.74) is 8.93. The van der Waals surface area contributed by atoms with E-state index in [4.69, 9.17) is 43.6 Å². The molecule has 0 bridgehead atoms. The molecule has 0 aliphatic carbocycles. The van der Waals surface area contributed by atoms with Gasteiger partial charge in [0.15, 0.2) is 23.0 Å². The number of amides is 1. The Balaban J connectivity index is 2.01. The molecule has 2 aromatic rings. The molecule has 12 heteroatoms. The molecule has 2 aliphatic heterocycles. The fourth-order valence-corrected chi connectivity index (χ4v) is 5.35. The van der Waals surface area contributed by atoms with Crippen LogP contribution in [0.15, 0.2) is 52.6 Å². The van der Waals surface area contributed by atoms with E-state index in [1.54, 1.807) is 31.2 Å². The van der Waals surface area contributed by atoms with E-state index in [-0.39, 0.29) is 31.2 Å². The number of carbonyl (C=O) groups excluding carboxylic acids is 1. The second kappa shape index (κ2) is 13.2. The Morgan fingerprint density at radius 2 is 1.53 bits per heavy atom. The molecule has 43 heavy (non-hydrogen) atoms. The monoisotopic (exact) mass is 593 g/mol. The fraction of sp³-hybridized carbons (Fsp3) is 0.355. The lowest BCUT2D eigenvalue weighted by Crippen LogP contribution is -2.42. The Kier molecular flexibility index (Phi) is 9.45. The average molecular weight is 594 g/mol. The van der Waals surface area contributed by atoms with E-state index in [1.807, 2.05) is 6.08 Å². The zero-order valence-corrected chi connectivity index (χ0v) is 25.2. The number of benzene rings is 2. The summed E-state index contributed by atoms with van der Waals surface area (Å²) in [4.78, 5) is 14.7. The molecule has 0 radical (unpaired) electrons. The zero-order chi connectivity index (χ0) is 31.3. The first-order valence-corrected chi connectivity index (χ1v) is 13.3. The number of rotatable bonds is 9. The van der Waals surface area contributed by atoms with Crippen LogP contribution in [-0.2, 0) is 9.47 Å². The minimum absolute atomic E-state index is 0.0714. The van der Waals surface area contributed by atoms with Crippen LogP contribution in [0, 0.1) is 11.3 Å². The minimum Gasteiger partial charge on any atom is -0.493 e. The van der Waals surface area contributed by atoms with Crippen LogP contribution >= 0.6 is 0 Å². The lowest BCUT2D eigenvalue weighted by molar-refractivity contribution is 0.109. The number of nitrogens with two attached hydrogens (primary N) is 1. The summed E-state index contributed by atoms with van der Waals surface area (Å²) in [6.07, 6.45) is 1.29. The third-order valence-corrected chi connectivity index (χ3v) is 7.18. The largest absolute Gasteiger partial charge is 0.493 e. The second-order valence-corrected chi connectivity index (χ2v) is 9.35. The van der Waals surface area contributed by atoms with Gasteiger partial charge in [0.1, 0.15) is 17.4 Å². The molecule has 1 atom stereocenters. The fourth-order valence-electron chi connectivity index (χ4n) is 5.35. The summed E-state index contributed by atoms with van der Waals surface area (Å²) in [6, 6.07) is 9.23. The summed E-state index contributed by atoms with van der Waals surface area (Å²) >= 11 is 0. The van der Waals surface area contributed by atoms with Gasteiger partial charge in [-0.05, 0) is 31.2 Å². The number of nitriles is 1. The predicted octanol–water partition coefficient (Wildman–Crippen LogP) is 4.36. The van der Waals surface area contributed by atoms with Crippen LogP contribution in [0.2, 0.25) is 0 Å². The SMILES string of the molecule is CCOC(=O)N1CC2=C(OC(N)=C(C#N)C2c2ccc(OC)c(OC)c2OC)/C(=C/c2ccc(OC)c(OC)c2OC)C1. The van der Waals surface area contributed by atoms with E-state index in [1.165, 1.54) is 47.6 Å². The second-order valence-electron chi connectivity index (χ2n) is 9.35. The van der Waals surface area contributed by atoms with Crippen molar-refractivity contribution in [2.24, 2.45) is 5.73 Å². The Bertz CT molecular complexity index is 1540. The van der Waals surface area contributed by atoms with Gasteiger partial charge in [0.25, 0.3) is 0 Å². The molecule has 228 valence electrons. The Labute approximate surface area is 250 Å². The summed E-state index contributed by atoms with van der Waals surface area (Å²) in [5, 5.41) is 10.3. The molecular weight excluding hydrogens is 558 g/mol. The van der Waals surface area contributed by atoms with E-state index >= 15 is 0 Å². The molecule has 1 unspecified atom stereocenters. The quantitative estimate of drug-likeness (QED) is 0.443. The maximum atomic E-state index is 13.1. The van der Waals surface area contributed by atoms with Crippen molar-refractivity contribution in [2.75, 3.05) is 62.4 Å². The Morgan fingerprint density at radius 3 is 2.09 bits per heavy atom. The maximum Gasteiger partial charge on any atom is 0.410 e. The smallest absolute Gasteiger partial charge is 0.410 e. The van der Waals surface area contributed by atoms with E-state index in [0.29, 0.717) is 62.5 Å². The van der Waals surface area contributed by atoms with Crippen molar-refractivity contribution in [3.05, 3.63) is 63.8 Å². The van der Waals surface area contributed by atoms with Gasteiger partial charge in [-0.1, -0.05) is 6.07 Å². The van der Waals surface area contributed by atoms with Crippen molar-refractivity contribution >= 4 is 12.2 Å². The van der Waals surface area contributed by atoms with E-state index in [2.05, 4.69) is 6.07 Å². The number of nitrogens with zero attached hydrogens (tertiary/aromatic N) is 2. The first-order valence-electron chi connectivity index (χ1n) is 13.3. The van der Waals surface area contributed by atoms with E-state index < -0.39 is 12.0 Å². The molecule has 0 saturated heterocycles. The van der Waals surface area contributed by atoms with Gasteiger partial charge < -0.3 is 43.6 Å². The molecule has 0 aromatic heterocycles. The Morgan fingerprint density at radius 1 is 0.930 bits per heavy atom.